The summed E-state index contributed by atoms with van der Waals surface area (Å²) in [5.74, 6) is 0. The van der Waals surface area contributed by atoms with Crippen LogP contribution in [0.1, 0.15) is 19.4 Å². The molecule has 0 spiro atoms. The number of rotatable bonds is 3. The maximum absolute atomic E-state index is 8.70. The Hall–Kier alpha value is -0.900. The molecular formula is C13H24N2O. The van der Waals surface area contributed by atoms with Gasteiger partial charge in [-0.25, -0.2) is 0 Å². The molecule has 3 nitrogen and oxygen atoms in total. The van der Waals surface area contributed by atoms with Gasteiger partial charge < -0.3 is 15.7 Å². The minimum absolute atomic E-state index is 0.326. The predicted octanol–water partition coefficient (Wildman–Crippen LogP) is 1.46. The Bertz CT molecular complexity index is 265. The summed E-state index contributed by atoms with van der Waals surface area (Å²) in [6, 6.07) is 10.5. The van der Waals surface area contributed by atoms with Gasteiger partial charge in [0.05, 0.1) is 5.60 Å². The van der Waals surface area contributed by atoms with Gasteiger partial charge in [0, 0.05) is 13.1 Å². The van der Waals surface area contributed by atoms with E-state index in [1.54, 1.807) is 13.8 Å². The van der Waals surface area contributed by atoms with E-state index in [-0.39, 0.29) is 0 Å². The fraction of sp³-hybridized carbons (Fsp3) is 0.538. The first kappa shape index (κ1) is 15.1. The Morgan fingerprint density at radius 2 is 1.62 bits per heavy atom. The average Bonchev–Trinajstić information content (AvgIpc) is 2.18. The van der Waals surface area contributed by atoms with E-state index in [9.17, 15) is 0 Å². The van der Waals surface area contributed by atoms with Crippen LogP contribution >= 0.6 is 0 Å². The third kappa shape index (κ3) is 9.65. The summed E-state index contributed by atoms with van der Waals surface area (Å²) in [5.41, 5.74) is 5.74. The van der Waals surface area contributed by atoms with Gasteiger partial charge in [-0.05, 0) is 33.5 Å². The van der Waals surface area contributed by atoms with Crippen LogP contribution in [0.3, 0.4) is 0 Å². The molecule has 92 valence electrons. The van der Waals surface area contributed by atoms with Crippen molar-refractivity contribution in [3.63, 3.8) is 0 Å². The average molecular weight is 224 g/mol. The summed E-state index contributed by atoms with van der Waals surface area (Å²) < 4.78 is 0. The molecule has 0 saturated carbocycles. The van der Waals surface area contributed by atoms with Gasteiger partial charge >= 0.3 is 0 Å². The summed E-state index contributed by atoms with van der Waals surface area (Å²) in [4.78, 5) is 2.16. The molecule has 1 aromatic carbocycles. The molecule has 0 aliphatic heterocycles. The Balaban J connectivity index is 0.000000325. The lowest BCUT2D eigenvalue weighted by Gasteiger charge is -2.11. The van der Waals surface area contributed by atoms with Gasteiger partial charge in [-0.2, -0.15) is 0 Å². The molecule has 16 heavy (non-hydrogen) atoms. The Morgan fingerprint density at radius 1 is 1.19 bits per heavy atom. The number of nitrogens with two attached hydrogens (primary N) is 1. The van der Waals surface area contributed by atoms with Gasteiger partial charge in [-0.3, -0.25) is 0 Å². The van der Waals surface area contributed by atoms with Crippen LogP contribution in [0, 0.1) is 0 Å². The van der Waals surface area contributed by atoms with Gasteiger partial charge in [0.25, 0.3) is 0 Å². The zero-order valence-corrected chi connectivity index (χ0v) is 10.8. The largest absolute Gasteiger partial charge is 0.389 e. The van der Waals surface area contributed by atoms with E-state index >= 15 is 0 Å². The third-order valence-electron chi connectivity index (χ3n) is 1.84. The van der Waals surface area contributed by atoms with Crippen molar-refractivity contribution in [1.29, 1.82) is 0 Å². The van der Waals surface area contributed by atoms with Crippen LogP contribution in [-0.2, 0) is 6.54 Å². The zero-order chi connectivity index (χ0) is 12.6. The van der Waals surface area contributed by atoms with Crippen LogP contribution < -0.4 is 5.73 Å². The highest BCUT2D eigenvalue weighted by atomic mass is 16.3. The molecule has 3 heteroatoms. The monoisotopic (exact) mass is 224 g/mol. The predicted molar refractivity (Wildman–Crippen MR) is 69.2 cm³/mol. The zero-order valence-electron chi connectivity index (χ0n) is 10.8. The number of hydrogen-bond acceptors (Lipinski definition) is 3. The van der Waals surface area contributed by atoms with Crippen LogP contribution in [0.25, 0.3) is 0 Å². The Morgan fingerprint density at radius 3 is 1.94 bits per heavy atom. The molecule has 0 unspecified atom stereocenters. The molecule has 0 amide bonds. The van der Waals surface area contributed by atoms with Crippen molar-refractivity contribution in [2.24, 2.45) is 5.73 Å². The minimum atomic E-state index is -0.681. The van der Waals surface area contributed by atoms with E-state index in [0.717, 1.165) is 6.54 Å². The Kier molecular flexibility index (Phi) is 6.97. The molecule has 0 heterocycles. The summed E-state index contributed by atoms with van der Waals surface area (Å²) >= 11 is 0. The fourth-order valence-electron chi connectivity index (χ4n) is 0.949. The molecule has 0 aromatic heterocycles. The lowest BCUT2D eigenvalue weighted by atomic mass is 10.1. The van der Waals surface area contributed by atoms with Crippen molar-refractivity contribution in [2.45, 2.75) is 26.0 Å². The number of nitrogens with zero attached hydrogens (tertiary/aromatic N) is 1. The van der Waals surface area contributed by atoms with Crippen molar-refractivity contribution in [2.75, 3.05) is 20.6 Å². The van der Waals surface area contributed by atoms with Crippen LogP contribution in [0.4, 0.5) is 0 Å². The maximum Gasteiger partial charge on any atom is 0.0713 e. The van der Waals surface area contributed by atoms with Gasteiger partial charge in [0.15, 0.2) is 0 Å². The SMILES string of the molecule is CC(C)(O)CN.CN(C)Cc1ccccc1. The lowest BCUT2D eigenvalue weighted by molar-refractivity contribution is 0.0898. The topological polar surface area (TPSA) is 49.5 Å². The van der Waals surface area contributed by atoms with E-state index in [4.69, 9.17) is 10.8 Å². The summed E-state index contributed by atoms with van der Waals surface area (Å²) in [6.07, 6.45) is 0. The van der Waals surface area contributed by atoms with E-state index in [2.05, 4.69) is 43.3 Å². The second kappa shape index (κ2) is 7.39. The molecule has 0 fully saturated rings. The van der Waals surface area contributed by atoms with Crippen molar-refractivity contribution in [3.05, 3.63) is 35.9 Å². The van der Waals surface area contributed by atoms with Crippen molar-refractivity contribution in [3.8, 4) is 0 Å². The molecule has 0 bridgehead atoms. The normalized spacial score (nSPS) is 10.9. The first-order valence-corrected chi connectivity index (χ1v) is 5.46. The van der Waals surface area contributed by atoms with Gasteiger partial charge in [-0.15, -0.1) is 0 Å². The first-order valence-electron chi connectivity index (χ1n) is 5.46. The lowest BCUT2D eigenvalue weighted by Crippen LogP contribution is -2.29. The molecule has 1 rings (SSSR count). The molecule has 0 atom stereocenters. The summed E-state index contributed by atoms with van der Waals surface area (Å²) in [7, 11) is 4.15. The fourth-order valence-corrected chi connectivity index (χ4v) is 0.949. The van der Waals surface area contributed by atoms with E-state index in [1.807, 2.05) is 6.07 Å². The first-order chi connectivity index (χ1) is 7.35. The number of aliphatic hydroxyl groups is 1. The van der Waals surface area contributed by atoms with Crippen molar-refractivity contribution >= 4 is 0 Å². The molecule has 0 aliphatic carbocycles. The highest BCUT2D eigenvalue weighted by molar-refractivity contribution is 5.14. The van der Waals surface area contributed by atoms with Gasteiger partial charge in [-0.1, -0.05) is 30.3 Å². The van der Waals surface area contributed by atoms with Gasteiger partial charge in [0.1, 0.15) is 0 Å². The number of benzene rings is 1. The highest BCUT2D eigenvalue weighted by Crippen LogP contribution is 1.99. The van der Waals surface area contributed by atoms with Crippen molar-refractivity contribution < 1.29 is 5.11 Å². The van der Waals surface area contributed by atoms with E-state index < -0.39 is 5.60 Å². The molecule has 3 N–H and O–H groups in total. The highest BCUT2D eigenvalue weighted by Gasteiger charge is 2.06. The molecule has 0 aliphatic rings. The second-order valence-corrected chi connectivity index (χ2v) is 4.74. The molecule has 1 aromatic rings. The maximum atomic E-state index is 8.70. The summed E-state index contributed by atoms with van der Waals surface area (Å²) in [5, 5.41) is 8.70. The molecular weight excluding hydrogens is 200 g/mol. The van der Waals surface area contributed by atoms with Crippen LogP contribution in [0.5, 0.6) is 0 Å². The van der Waals surface area contributed by atoms with Gasteiger partial charge in [0.2, 0.25) is 0 Å². The Labute approximate surface area is 98.9 Å². The molecule has 0 saturated heterocycles. The van der Waals surface area contributed by atoms with Crippen LogP contribution in [-0.4, -0.2) is 36.2 Å². The standard InChI is InChI=1S/C9H13N.C4H11NO/c1-10(2)8-9-6-4-3-5-7-9;1-4(2,6)3-5/h3-7H,8H2,1-2H3;6H,3,5H2,1-2H3. The van der Waals surface area contributed by atoms with Crippen LogP contribution in [0.15, 0.2) is 30.3 Å². The van der Waals surface area contributed by atoms with E-state index in [0.29, 0.717) is 6.54 Å². The summed E-state index contributed by atoms with van der Waals surface area (Å²) in [6.45, 7) is 4.70. The number of hydrogen-bond donors (Lipinski definition) is 2. The van der Waals surface area contributed by atoms with E-state index in [1.165, 1.54) is 5.56 Å². The third-order valence-corrected chi connectivity index (χ3v) is 1.84. The van der Waals surface area contributed by atoms with Crippen LogP contribution in [0.2, 0.25) is 0 Å². The smallest absolute Gasteiger partial charge is 0.0713 e. The van der Waals surface area contributed by atoms with Crippen molar-refractivity contribution in [1.82, 2.24) is 4.90 Å². The second-order valence-electron chi connectivity index (χ2n) is 4.74. The minimum Gasteiger partial charge on any atom is -0.389 e. The quantitative estimate of drug-likeness (QED) is 0.817. The molecule has 0 radical (unpaired) electrons.